The molecule has 0 bridgehead atoms. The second kappa shape index (κ2) is 5.81. The molecule has 1 fully saturated rings. The fraction of sp³-hybridized carbons (Fsp3) is 0.400. The van der Waals surface area contributed by atoms with Gasteiger partial charge >= 0.3 is 6.09 Å². The summed E-state index contributed by atoms with van der Waals surface area (Å²) in [5.74, 6) is -0.117. The number of hydrogen-bond acceptors (Lipinski definition) is 3. The molecular formula is C15H18NO3S+. The quantitative estimate of drug-likeness (QED) is 0.528. The van der Waals surface area contributed by atoms with E-state index in [1.165, 1.54) is 0 Å². The van der Waals surface area contributed by atoms with Gasteiger partial charge in [0, 0.05) is 18.4 Å². The van der Waals surface area contributed by atoms with Gasteiger partial charge in [-0.2, -0.15) is 9.28 Å². The summed E-state index contributed by atoms with van der Waals surface area (Å²) in [6.45, 7) is 2.37. The Labute approximate surface area is 123 Å². The van der Waals surface area contributed by atoms with E-state index in [1.54, 1.807) is 24.3 Å². The molecule has 0 saturated carbocycles. The van der Waals surface area contributed by atoms with Crippen LogP contribution in [-0.2, 0) is 0 Å². The first-order valence-corrected chi connectivity index (χ1v) is 7.12. The lowest BCUT2D eigenvalue weighted by atomic mass is 10.1. The molecular weight excluding hydrogens is 274 g/mol. The monoisotopic (exact) mass is 292 g/mol. The van der Waals surface area contributed by atoms with Crippen LogP contribution in [0.15, 0.2) is 30.3 Å². The van der Waals surface area contributed by atoms with Crippen molar-refractivity contribution in [1.29, 1.82) is 0 Å². The lowest BCUT2D eigenvalue weighted by molar-refractivity contribution is -0.776. The van der Waals surface area contributed by atoms with Crippen molar-refractivity contribution in [2.75, 3.05) is 6.54 Å². The van der Waals surface area contributed by atoms with Crippen LogP contribution in [0.2, 0.25) is 0 Å². The standard InChI is InChI=1S/C15H17NO3S/c1-11-6-5-9-16(11,15(18)19)14(20)10-13(17)12-7-3-2-4-8-12/h2-4,7-8,11H,5-6,9-10H2,1H3/p+1/t11-,16?/m1/s1. The van der Waals surface area contributed by atoms with Gasteiger partial charge in [-0.05, 0) is 19.1 Å². The van der Waals surface area contributed by atoms with Crippen molar-refractivity contribution in [2.45, 2.75) is 32.2 Å². The van der Waals surface area contributed by atoms with E-state index < -0.39 is 6.09 Å². The number of nitrogens with zero attached hydrogens (tertiary/aromatic N) is 1. The lowest BCUT2D eigenvalue weighted by Gasteiger charge is -2.31. The summed E-state index contributed by atoms with van der Waals surface area (Å²) in [6.07, 6.45) is 0.718. The third-order valence-electron chi connectivity index (χ3n) is 4.08. The Hall–Kier alpha value is -1.59. The lowest BCUT2D eigenvalue weighted by Crippen LogP contribution is -2.58. The van der Waals surface area contributed by atoms with Crippen molar-refractivity contribution in [3.63, 3.8) is 0 Å². The number of thiocarbonyl (C=S) groups is 1. The molecule has 1 aliphatic rings. The van der Waals surface area contributed by atoms with Crippen molar-refractivity contribution in [2.24, 2.45) is 0 Å². The first-order chi connectivity index (χ1) is 9.48. The summed E-state index contributed by atoms with van der Waals surface area (Å²) < 4.78 is -0.242. The summed E-state index contributed by atoms with van der Waals surface area (Å²) in [5, 5.41) is 9.56. The Morgan fingerprint density at radius 1 is 1.35 bits per heavy atom. The topological polar surface area (TPSA) is 54.4 Å². The number of carbonyl (C=O) groups is 2. The van der Waals surface area contributed by atoms with Gasteiger partial charge in [-0.3, -0.25) is 4.79 Å². The van der Waals surface area contributed by atoms with Gasteiger partial charge in [-0.15, -0.1) is 0 Å². The van der Waals surface area contributed by atoms with Gasteiger partial charge in [0.25, 0.3) is 0 Å². The molecule has 1 aromatic rings. The first-order valence-electron chi connectivity index (χ1n) is 6.71. The molecule has 5 heteroatoms. The molecule has 0 radical (unpaired) electrons. The molecule has 1 aromatic carbocycles. The van der Waals surface area contributed by atoms with Gasteiger partial charge < -0.3 is 5.11 Å². The second-order valence-electron chi connectivity index (χ2n) is 5.23. The minimum absolute atomic E-state index is 0.00991. The fourth-order valence-corrected chi connectivity index (χ4v) is 3.32. The Bertz CT molecular complexity index is 543. The summed E-state index contributed by atoms with van der Waals surface area (Å²) in [5.41, 5.74) is 0.574. The minimum Gasteiger partial charge on any atom is -0.435 e. The average Bonchev–Trinajstić information content (AvgIpc) is 2.82. The van der Waals surface area contributed by atoms with Crippen molar-refractivity contribution in [3.8, 4) is 0 Å². The van der Waals surface area contributed by atoms with Crippen LogP contribution in [0.3, 0.4) is 0 Å². The predicted molar refractivity (Wildman–Crippen MR) is 79.8 cm³/mol. The summed E-state index contributed by atoms with van der Waals surface area (Å²) in [6, 6.07) is 8.80. The van der Waals surface area contributed by atoms with Gasteiger partial charge in [-0.1, -0.05) is 30.3 Å². The molecule has 0 spiro atoms. The van der Waals surface area contributed by atoms with Gasteiger partial charge in [0.2, 0.25) is 0 Å². The van der Waals surface area contributed by atoms with Gasteiger partial charge in [0.05, 0.1) is 13.0 Å². The van der Waals surface area contributed by atoms with E-state index in [1.807, 2.05) is 13.0 Å². The SMILES string of the molecule is C[C@@H]1CCC[N+]1(C(=O)O)C(=S)CC(=O)c1ccccc1. The zero-order chi connectivity index (χ0) is 14.8. The molecule has 106 valence electrons. The van der Waals surface area contributed by atoms with E-state index in [9.17, 15) is 14.7 Å². The van der Waals surface area contributed by atoms with Crippen LogP contribution in [0, 0.1) is 0 Å². The molecule has 2 atom stereocenters. The predicted octanol–water partition coefficient (Wildman–Crippen LogP) is 3.26. The Morgan fingerprint density at radius 2 is 2.00 bits per heavy atom. The third kappa shape index (κ3) is 2.51. The van der Waals surface area contributed by atoms with Gasteiger partial charge in [0.15, 0.2) is 10.8 Å². The van der Waals surface area contributed by atoms with Crippen LogP contribution in [0.1, 0.15) is 36.5 Å². The second-order valence-corrected chi connectivity index (χ2v) is 5.70. The molecule has 1 amide bonds. The maximum atomic E-state index is 12.2. The third-order valence-corrected chi connectivity index (χ3v) is 4.55. The average molecular weight is 292 g/mol. The number of quaternary nitrogens is 1. The summed E-state index contributed by atoms with van der Waals surface area (Å²) in [4.78, 5) is 24.2. The van der Waals surface area contributed by atoms with Crippen molar-refractivity contribution in [1.82, 2.24) is 0 Å². The number of likely N-dealkylation sites (tertiary alicyclic amines) is 1. The largest absolute Gasteiger partial charge is 0.519 e. The molecule has 1 aliphatic heterocycles. The highest BCUT2D eigenvalue weighted by Gasteiger charge is 2.50. The van der Waals surface area contributed by atoms with E-state index in [0.717, 1.165) is 12.8 Å². The van der Waals surface area contributed by atoms with Crippen LogP contribution in [0.4, 0.5) is 4.79 Å². The summed E-state index contributed by atoms with van der Waals surface area (Å²) in [7, 11) is 0. The van der Waals surface area contributed by atoms with Gasteiger partial charge in [0.1, 0.15) is 6.04 Å². The van der Waals surface area contributed by atoms with Crippen molar-refractivity contribution in [3.05, 3.63) is 35.9 Å². The molecule has 4 nitrogen and oxygen atoms in total. The van der Waals surface area contributed by atoms with E-state index >= 15 is 0 Å². The zero-order valence-electron chi connectivity index (χ0n) is 11.4. The Morgan fingerprint density at radius 3 is 2.50 bits per heavy atom. The molecule has 0 aliphatic carbocycles. The Balaban J connectivity index is 2.19. The highest BCUT2D eigenvalue weighted by Crippen LogP contribution is 2.30. The van der Waals surface area contributed by atoms with Crippen LogP contribution < -0.4 is 0 Å². The molecule has 1 saturated heterocycles. The van der Waals surface area contributed by atoms with Crippen molar-refractivity contribution < 1.29 is 19.2 Å². The molecule has 2 rings (SSSR count). The number of rotatable bonds is 3. The molecule has 1 unspecified atom stereocenters. The van der Waals surface area contributed by atoms with E-state index in [2.05, 4.69) is 0 Å². The number of amides is 1. The van der Waals surface area contributed by atoms with E-state index in [4.69, 9.17) is 12.2 Å². The van der Waals surface area contributed by atoms with Crippen LogP contribution in [0.25, 0.3) is 0 Å². The van der Waals surface area contributed by atoms with Crippen LogP contribution in [0.5, 0.6) is 0 Å². The Kier molecular flexibility index (Phi) is 4.30. The van der Waals surface area contributed by atoms with E-state index in [0.29, 0.717) is 17.1 Å². The van der Waals surface area contributed by atoms with Crippen LogP contribution >= 0.6 is 12.2 Å². The molecule has 1 heterocycles. The normalized spacial score (nSPS) is 25.4. The molecule has 0 aromatic heterocycles. The number of carboxylic acid groups (broad SMARTS) is 1. The molecule has 1 N–H and O–H groups in total. The number of benzene rings is 1. The fourth-order valence-electron chi connectivity index (χ4n) is 2.84. The van der Waals surface area contributed by atoms with Crippen molar-refractivity contribution >= 4 is 29.1 Å². The summed E-state index contributed by atoms with van der Waals surface area (Å²) >= 11 is 5.33. The maximum absolute atomic E-state index is 12.2. The number of ketones is 1. The first kappa shape index (κ1) is 14.8. The van der Waals surface area contributed by atoms with Gasteiger partial charge in [-0.25, -0.2) is 0 Å². The number of Topliss-reactive ketones (excluding diaryl/α,β-unsaturated/α-hetero) is 1. The highest BCUT2D eigenvalue weighted by molar-refractivity contribution is 7.80. The van der Waals surface area contributed by atoms with Crippen LogP contribution in [-0.4, -0.2) is 39.0 Å². The number of carbonyl (C=O) groups excluding carboxylic acids is 1. The van der Waals surface area contributed by atoms with E-state index in [-0.39, 0.29) is 22.7 Å². The smallest absolute Gasteiger partial charge is 0.435 e. The minimum atomic E-state index is -0.944. The zero-order valence-corrected chi connectivity index (χ0v) is 12.2. The molecule has 20 heavy (non-hydrogen) atoms. The highest BCUT2D eigenvalue weighted by atomic mass is 32.1. The maximum Gasteiger partial charge on any atom is 0.519 e. The number of hydrogen-bond donors (Lipinski definition) is 1.